The average molecular weight is 253 g/mol. The molecular formula is C16H15NS. The molecule has 3 aromatic rings. The van der Waals surface area contributed by atoms with E-state index in [2.05, 4.69) is 71.6 Å². The highest BCUT2D eigenvalue weighted by molar-refractivity contribution is 7.97. The van der Waals surface area contributed by atoms with Crippen molar-refractivity contribution >= 4 is 17.3 Å². The Morgan fingerprint density at radius 3 is 2.56 bits per heavy atom. The summed E-state index contributed by atoms with van der Waals surface area (Å²) < 4.78 is 2.22. The van der Waals surface area contributed by atoms with Gasteiger partial charge in [0.15, 0.2) is 0 Å². The van der Waals surface area contributed by atoms with E-state index in [0.717, 1.165) is 5.75 Å². The smallest absolute Gasteiger partial charge is 0.0496 e. The van der Waals surface area contributed by atoms with Gasteiger partial charge in [-0.1, -0.05) is 36.4 Å². The van der Waals surface area contributed by atoms with Crippen LogP contribution in [0.3, 0.4) is 0 Å². The predicted molar refractivity (Wildman–Crippen MR) is 80.1 cm³/mol. The van der Waals surface area contributed by atoms with Crippen LogP contribution in [0.4, 0.5) is 0 Å². The summed E-state index contributed by atoms with van der Waals surface area (Å²) in [6.45, 7) is 0. The maximum atomic E-state index is 2.23. The Balaban J connectivity index is 2.25. The summed E-state index contributed by atoms with van der Waals surface area (Å²) in [5, 5.41) is 0. The van der Waals surface area contributed by atoms with Crippen LogP contribution in [-0.2, 0) is 5.75 Å². The Morgan fingerprint density at radius 1 is 1.00 bits per heavy atom. The fourth-order valence-electron chi connectivity index (χ4n) is 2.34. The molecule has 0 spiro atoms. The maximum Gasteiger partial charge on any atom is 0.0496 e. The lowest BCUT2D eigenvalue weighted by Gasteiger charge is -2.03. The van der Waals surface area contributed by atoms with Crippen molar-refractivity contribution in [1.82, 2.24) is 4.40 Å². The van der Waals surface area contributed by atoms with Gasteiger partial charge in [-0.2, -0.15) is 11.8 Å². The molecule has 0 aliphatic heterocycles. The lowest BCUT2D eigenvalue weighted by atomic mass is 10.0. The average Bonchev–Trinajstić information content (AvgIpc) is 2.80. The first-order valence-corrected chi connectivity index (χ1v) is 7.42. The Hall–Kier alpha value is -1.67. The first-order valence-electron chi connectivity index (χ1n) is 6.03. The number of nitrogens with zero attached hydrogens (tertiary/aromatic N) is 1. The summed E-state index contributed by atoms with van der Waals surface area (Å²) in [4.78, 5) is 0. The third kappa shape index (κ3) is 1.93. The number of pyridine rings is 1. The molecule has 2 heteroatoms. The van der Waals surface area contributed by atoms with E-state index in [1.165, 1.54) is 22.2 Å². The van der Waals surface area contributed by atoms with Gasteiger partial charge in [0, 0.05) is 29.2 Å². The van der Waals surface area contributed by atoms with Gasteiger partial charge >= 0.3 is 0 Å². The third-order valence-electron chi connectivity index (χ3n) is 3.17. The molecular weight excluding hydrogens is 238 g/mol. The molecule has 1 nitrogen and oxygen atoms in total. The van der Waals surface area contributed by atoms with Crippen molar-refractivity contribution in [3.05, 3.63) is 66.5 Å². The van der Waals surface area contributed by atoms with Crippen LogP contribution in [0, 0.1) is 0 Å². The minimum Gasteiger partial charge on any atom is -0.323 e. The van der Waals surface area contributed by atoms with Crippen LogP contribution in [-0.4, -0.2) is 10.7 Å². The molecule has 1 aromatic carbocycles. The topological polar surface area (TPSA) is 4.41 Å². The van der Waals surface area contributed by atoms with Crippen LogP contribution >= 0.6 is 11.8 Å². The Kier molecular flexibility index (Phi) is 3.11. The second kappa shape index (κ2) is 4.91. The number of thioether (sulfide) groups is 1. The van der Waals surface area contributed by atoms with Crippen LogP contribution < -0.4 is 0 Å². The molecule has 18 heavy (non-hydrogen) atoms. The largest absolute Gasteiger partial charge is 0.323 e. The molecule has 0 saturated heterocycles. The van der Waals surface area contributed by atoms with E-state index in [4.69, 9.17) is 0 Å². The van der Waals surface area contributed by atoms with Crippen LogP contribution in [0.2, 0.25) is 0 Å². The van der Waals surface area contributed by atoms with E-state index in [9.17, 15) is 0 Å². The minimum atomic E-state index is 1.05. The zero-order valence-electron chi connectivity index (χ0n) is 10.3. The maximum absolute atomic E-state index is 2.23. The number of hydrogen-bond donors (Lipinski definition) is 0. The van der Waals surface area contributed by atoms with E-state index < -0.39 is 0 Å². The lowest BCUT2D eigenvalue weighted by Crippen LogP contribution is -1.83. The third-order valence-corrected chi connectivity index (χ3v) is 3.74. The standard InChI is InChI=1S/C16H15NS/c1-18-12-15-14(13-7-3-2-4-8-13)11-17-10-6-5-9-16(15)17/h2-11H,12H2,1H3. The molecule has 0 radical (unpaired) electrons. The second-order valence-electron chi connectivity index (χ2n) is 4.31. The van der Waals surface area contributed by atoms with E-state index in [0.29, 0.717) is 0 Å². The molecule has 0 aliphatic carbocycles. The second-order valence-corrected chi connectivity index (χ2v) is 5.18. The number of rotatable bonds is 3. The van der Waals surface area contributed by atoms with Crippen LogP contribution in [0.15, 0.2) is 60.9 Å². The monoisotopic (exact) mass is 253 g/mol. The summed E-state index contributed by atoms with van der Waals surface area (Å²) in [6.07, 6.45) is 6.50. The van der Waals surface area contributed by atoms with Crippen LogP contribution in [0.5, 0.6) is 0 Å². The molecule has 0 amide bonds. The molecule has 0 unspecified atom stereocenters. The highest BCUT2D eigenvalue weighted by Gasteiger charge is 2.10. The van der Waals surface area contributed by atoms with E-state index in [1.807, 2.05) is 11.8 Å². The van der Waals surface area contributed by atoms with Gasteiger partial charge in [0.25, 0.3) is 0 Å². The SMILES string of the molecule is CSCc1c(-c2ccccc2)cn2ccccc12. The fourth-order valence-corrected chi connectivity index (χ4v) is 2.93. The fraction of sp³-hybridized carbons (Fsp3) is 0.125. The summed E-state index contributed by atoms with van der Waals surface area (Å²) >= 11 is 1.87. The van der Waals surface area contributed by atoms with E-state index in [-0.39, 0.29) is 0 Å². The Labute approximate surface area is 111 Å². The van der Waals surface area contributed by atoms with Crippen molar-refractivity contribution in [3.63, 3.8) is 0 Å². The van der Waals surface area contributed by atoms with Crippen molar-refractivity contribution < 1.29 is 0 Å². The highest BCUT2D eigenvalue weighted by atomic mass is 32.2. The van der Waals surface area contributed by atoms with Crippen molar-refractivity contribution in [2.24, 2.45) is 0 Å². The summed E-state index contributed by atoms with van der Waals surface area (Å²) in [7, 11) is 0. The highest BCUT2D eigenvalue weighted by Crippen LogP contribution is 2.31. The van der Waals surface area contributed by atoms with Crippen LogP contribution in [0.1, 0.15) is 5.56 Å². The van der Waals surface area contributed by atoms with Gasteiger partial charge in [0.05, 0.1) is 0 Å². The Morgan fingerprint density at radius 2 is 1.78 bits per heavy atom. The quantitative estimate of drug-likeness (QED) is 0.666. The van der Waals surface area contributed by atoms with Crippen LogP contribution in [0.25, 0.3) is 16.6 Å². The number of aromatic nitrogens is 1. The number of fused-ring (bicyclic) bond motifs is 1. The molecule has 0 N–H and O–H groups in total. The molecule has 0 bridgehead atoms. The predicted octanol–water partition coefficient (Wildman–Crippen LogP) is 4.47. The van der Waals surface area contributed by atoms with Crippen molar-refractivity contribution in [2.75, 3.05) is 6.26 Å². The summed E-state index contributed by atoms with van der Waals surface area (Å²) in [5.41, 5.74) is 5.38. The van der Waals surface area contributed by atoms with Gasteiger partial charge in [0.1, 0.15) is 0 Å². The molecule has 3 rings (SSSR count). The zero-order valence-corrected chi connectivity index (χ0v) is 11.2. The Bertz CT molecular complexity index is 655. The first-order chi connectivity index (χ1) is 8.90. The molecule has 0 atom stereocenters. The first kappa shape index (κ1) is 11.4. The molecule has 0 fully saturated rings. The number of benzene rings is 1. The van der Waals surface area contributed by atoms with Gasteiger partial charge in [0.2, 0.25) is 0 Å². The van der Waals surface area contributed by atoms with Gasteiger partial charge in [-0.3, -0.25) is 0 Å². The minimum absolute atomic E-state index is 1.05. The van der Waals surface area contributed by atoms with Gasteiger partial charge in [-0.15, -0.1) is 0 Å². The van der Waals surface area contributed by atoms with E-state index >= 15 is 0 Å². The van der Waals surface area contributed by atoms with Crippen molar-refractivity contribution in [3.8, 4) is 11.1 Å². The van der Waals surface area contributed by atoms with Gasteiger partial charge < -0.3 is 4.40 Å². The molecule has 2 aromatic heterocycles. The lowest BCUT2D eigenvalue weighted by molar-refractivity contribution is 1.20. The molecule has 2 heterocycles. The van der Waals surface area contributed by atoms with Gasteiger partial charge in [-0.05, 0) is 29.5 Å². The van der Waals surface area contributed by atoms with E-state index in [1.54, 1.807) is 0 Å². The normalized spacial score (nSPS) is 10.9. The molecule has 90 valence electrons. The number of hydrogen-bond acceptors (Lipinski definition) is 1. The zero-order chi connectivity index (χ0) is 12.4. The van der Waals surface area contributed by atoms with Crippen molar-refractivity contribution in [1.29, 1.82) is 0 Å². The van der Waals surface area contributed by atoms with Gasteiger partial charge in [-0.25, -0.2) is 0 Å². The molecule has 0 aliphatic rings. The summed E-state index contributed by atoms with van der Waals surface area (Å²) in [5.74, 6) is 1.05. The van der Waals surface area contributed by atoms with Crippen molar-refractivity contribution in [2.45, 2.75) is 5.75 Å². The molecule has 0 saturated carbocycles. The summed E-state index contributed by atoms with van der Waals surface area (Å²) in [6, 6.07) is 17.0.